The Balaban J connectivity index is 1.34. The maximum Gasteiger partial charge on any atom is 0.217 e. The average molecular weight is 678 g/mol. The van der Waals surface area contributed by atoms with Gasteiger partial charge >= 0.3 is 0 Å². The van der Waals surface area contributed by atoms with E-state index in [0.717, 1.165) is 19.5 Å². The van der Waals surface area contributed by atoms with Crippen molar-refractivity contribution in [2.24, 2.45) is 0 Å². The van der Waals surface area contributed by atoms with Crippen LogP contribution >= 0.6 is 0 Å². The van der Waals surface area contributed by atoms with Crippen molar-refractivity contribution in [2.45, 2.75) is 128 Å². The highest BCUT2D eigenvalue weighted by molar-refractivity contribution is 6.08. The van der Waals surface area contributed by atoms with E-state index in [9.17, 15) is 0 Å². The average Bonchev–Trinajstić information content (AvgIpc) is 3.54. The molecule has 4 aromatic rings. The third-order valence-corrected chi connectivity index (χ3v) is 12.6. The predicted octanol–water partition coefficient (Wildman–Crippen LogP) is 13.1. The van der Waals surface area contributed by atoms with Crippen molar-refractivity contribution < 1.29 is 4.58 Å². The van der Waals surface area contributed by atoms with Crippen LogP contribution in [0.4, 0.5) is 11.4 Å². The summed E-state index contributed by atoms with van der Waals surface area (Å²) in [5, 5.41) is 2.75. The van der Waals surface area contributed by atoms with Crippen LogP contribution in [0.2, 0.25) is 0 Å². The number of hydrogen-bond acceptors (Lipinski definition) is 1. The Morgan fingerprint density at radius 2 is 1.53 bits per heavy atom. The topological polar surface area (TPSA) is 6.25 Å². The van der Waals surface area contributed by atoms with Gasteiger partial charge in [0.15, 0.2) is 5.71 Å². The molecule has 4 aromatic carbocycles. The lowest BCUT2D eigenvalue weighted by molar-refractivity contribution is -0.431. The highest BCUT2D eigenvalue weighted by atomic mass is 15.2. The van der Waals surface area contributed by atoms with Gasteiger partial charge in [0, 0.05) is 35.0 Å². The normalized spacial score (nSPS) is 20.4. The van der Waals surface area contributed by atoms with Crippen LogP contribution in [0.15, 0.2) is 109 Å². The van der Waals surface area contributed by atoms with Gasteiger partial charge in [-0.25, -0.2) is 0 Å². The molecule has 0 amide bonds. The van der Waals surface area contributed by atoms with Crippen molar-refractivity contribution in [1.82, 2.24) is 0 Å². The zero-order chi connectivity index (χ0) is 35.4. The molecular weight excluding hydrogens is 617 g/mol. The number of hydrogen-bond donors (Lipinski definition) is 0. The molecule has 2 heteroatoms. The molecule has 1 spiro atoms. The second-order valence-corrected chi connectivity index (χ2v) is 16.2. The second-order valence-electron chi connectivity index (χ2n) is 16.2. The summed E-state index contributed by atoms with van der Waals surface area (Å²) in [5.74, 6) is 0.499. The number of nitrogens with zero attached hydrogens (tertiary/aromatic N) is 2. The third kappa shape index (κ3) is 6.65. The Kier molecular flexibility index (Phi) is 10.7. The number of fused-ring (bicyclic) bond motifs is 5. The van der Waals surface area contributed by atoms with Crippen LogP contribution in [0.25, 0.3) is 10.8 Å². The molecule has 1 atom stereocenters. The van der Waals surface area contributed by atoms with Crippen molar-refractivity contribution >= 4 is 27.9 Å². The number of anilines is 1. The Morgan fingerprint density at radius 1 is 0.784 bits per heavy atom. The summed E-state index contributed by atoms with van der Waals surface area (Å²) in [6, 6.07) is 32.5. The minimum atomic E-state index is -0.124. The summed E-state index contributed by atoms with van der Waals surface area (Å²) in [5.41, 5.74) is 11.7. The molecule has 1 saturated carbocycles. The fraction of sp³-hybridized carbons (Fsp3) is 0.449. The van der Waals surface area contributed by atoms with Crippen molar-refractivity contribution in [1.29, 1.82) is 0 Å². The Labute approximate surface area is 309 Å². The molecule has 0 aromatic heterocycles. The molecule has 266 valence electrons. The van der Waals surface area contributed by atoms with Crippen LogP contribution in [0, 0.1) is 0 Å². The lowest BCUT2D eigenvalue weighted by Crippen LogP contribution is -2.36. The molecule has 3 aliphatic rings. The van der Waals surface area contributed by atoms with Crippen molar-refractivity contribution in [3.63, 3.8) is 0 Å². The van der Waals surface area contributed by atoms with E-state index in [1.54, 1.807) is 5.56 Å². The first kappa shape index (κ1) is 35.5. The Morgan fingerprint density at radius 3 is 2.29 bits per heavy atom. The van der Waals surface area contributed by atoms with Gasteiger partial charge in [-0.2, -0.15) is 4.58 Å². The van der Waals surface area contributed by atoms with Crippen LogP contribution in [-0.2, 0) is 17.3 Å². The molecule has 2 aliphatic heterocycles. The molecule has 0 bridgehead atoms. The second kappa shape index (κ2) is 15.4. The molecule has 0 radical (unpaired) electrons. The van der Waals surface area contributed by atoms with Crippen LogP contribution in [-0.4, -0.2) is 23.4 Å². The van der Waals surface area contributed by atoms with Gasteiger partial charge in [0.05, 0.1) is 10.8 Å². The fourth-order valence-electron chi connectivity index (χ4n) is 9.85. The molecule has 1 fully saturated rings. The Bertz CT molecular complexity index is 1920. The van der Waals surface area contributed by atoms with Gasteiger partial charge in [0.25, 0.3) is 0 Å². The summed E-state index contributed by atoms with van der Waals surface area (Å²) in [6.45, 7) is 13.9. The van der Waals surface area contributed by atoms with Gasteiger partial charge in [-0.3, -0.25) is 0 Å². The first-order valence-electron chi connectivity index (χ1n) is 20.4. The molecule has 2 heterocycles. The van der Waals surface area contributed by atoms with Crippen LogP contribution in [0.1, 0.15) is 133 Å². The summed E-state index contributed by atoms with van der Waals surface area (Å²) >= 11 is 0. The van der Waals surface area contributed by atoms with Gasteiger partial charge in [0.1, 0.15) is 6.54 Å². The van der Waals surface area contributed by atoms with Crippen LogP contribution in [0.5, 0.6) is 0 Å². The van der Waals surface area contributed by atoms with E-state index in [1.807, 2.05) is 0 Å². The SMILES string of the molecule is CCCCCCCCN1C(=CC=CC2=[N+](CC)c3c(ccc4ccccc34)C23CCCCC3)C(C)(Cc2ccccc2)c2cc(C(C)C)ccc21. The maximum absolute atomic E-state index is 2.71. The largest absolute Gasteiger partial charge is 0.344 e. The van der Waals surface area contributed by atoms with Crippen LogP contribution < -0.4 is 4.90 Å². The highest BCUT2D eigenvalue weighted by Crippen LogP contribution is 2.53. The first-order valence-corrected chi connectivity index (χ1v) is 20.4. The van der Waals surface area contributed by atoms with Gasteiger partial charge in [-0.05, 0) is 85.7 Å². The lowest BCUT2D eigenvalue weighted by Gasteiger charge is -2.32. The smallest absolute Gasteiger partial charge is 0.217 e. The zero-order valence-electron chi connectivity index (χ0n) is 32.2. The minimum absolute atomic E-state index is 0.0962. The summed E-state index contributed by atoms with van der Waals surface area (Å²) in [4.78, 5) is 2.71. The number of allylic oxidation sites excluding steroid dienone is 4. The first-order chi connectivity index (χ1) is 24.9. The number of benzene rings is 4. The molecule has 51 heavy (non-hydrogen) atoms. The number of rotatable bonds is 13. The monoisotopic (exact) mass is 677 g/mol. The predicted molar refractivity (Wildman–Crippen MR) is 220 cm³/mol. The highest BCUT2D eigenvalue weighted by Gasteiger charge is 2.51. The number of unbranched alkanes of at least 4 members (excludes halogenated alkanes) is 5. The van der Waals surface area contributed by atoms with Crippen molar-refractivity contribution in [2.75, 3.05) is 18.0 Å². The molecule has 7 rings (SSSR count). The van der Waals surface area contributed by atoms with E-state index >= 15 is 0 Å². The van der Waals surface area contributed by atoms with Gasteiger partial charge in [-0.15, -0.1) is 0 Å². The lowest BCUT2D eigenvalue weighted by atomic mass is 9.67. The van der Waals surface area contributed by atoms with E-state index in [2.05, 4.69) is 147 Å². The molecule has 1 unspecified atom stereocenters. The van der Waals surface area contributed by atoms with Crippen molar-refractivity contribution in [3.05, 3.63) is 131 Å². The zero-order valence-corrected chi connectivity index (χ0v) is 32.2. The quantitative estimate of drug-likeness (QED) is 0.101. The summed E-state index contributed by atoms with van der Waals surface area (Å²) < 4.78 is 2.67. The fourth-order valence-corrected chi connectivity index (χ4v) is 9.85. The van der Waals surface area contributed by atoms with E-state index in [4.69, 9.17) is 0 Å². The molecular formula is C49H61N2+. The Hall–Kier alpha value is -3.91. The van der Waals surface area contributed by atoms with Crippen molar-refractivity contribution in [3.8, 4) is 0 Å². The van der Waals surface area contributed by atoms with E-state index in [0.29, 0.717) is 5.92 Å². The maximum atomic E-state index is 2.71. The van der Waals surface area contributed by atoms with Gasteiger partial charge in [0.2, 0.25) is 5.69 Å². The summed E-state index contributed by atoms with van der Waals surface area (Å²) in [7, 11) is 0. The minimum Gasteiger partial charge on any atom is -0.344 e. The summed E-state index contributed by atoms with van der Waals surface area (Å²) in [6.07, 6.45) is 22.8. The van der Waals surface area contributed by atoms with E-state index < -0.39 is 0 Å². The molecule has 2 nitrogen and oxygen atoms in total. The van der Waals surface area contributed by atoms with E-state index in [1.165, 1.54) is 121 Å². The third-order valence-electron chi connectivity index (χ3n) is 12.6. The van der Waals surface area contributed by atoms with Gasteiger partial charge < -0.3 is 4.90 Å². The van der Waals surface area contributed by atoms with Gasteiger partial charge in [-0.1, -0.05) is 151 Å². The van der Waals surface area contributed by atoms with E-state index in [-0.39, 0.29) is 10.8 Å². The molecule has 0 N–H and O–H groups in total. The van der Waals surface area contributed by atoms with Crippen LogP contribution in [0.3, 0.4) is 0 Å². The standard InChI is InChI=1S/C49H61N2/c1-6-8-9-10-11-20-34-51-44-31-29-40(37(3)4)35-43(44)48(5,36-38-22-14-12-15-23-38)45(51)26-21-27-46-49(32-18-13-19-33-49)42-30-28-39-24-16-17-25-41(39)47(42)50(46)7-2/h12,14-17,21-31,35,37H,6-11,13,18-20,32-34,36H2,1-5H3/q+1. The molecule has 0 saturated heterocycles. The molecule has 1 aliphatic carbocycles.